The average molecular weight is 269 g/mol. The minimum atomic E-state index is -1.44. The van der Waals surface area contributed by atoms with Crippen LogP contribution in [0.1, 0.15) is 5.56 Å². The van der Waals surface area contributed by atoms with Gasteiger partial charge in [-0.1, -0.05) is 24.3 Å². The van der Waals surface area contributed by atoms with Gasteiger partial charge in [0.1, 0.15) is 11.8 Å². The standard InChI is InChI=1S/C12H12BN5O2/c19-13(20)9-3-1-8(2-4-9)5-14-11-10-12(16-6-15-10)18-7-17-11/h1-4,6-7,19-20H,5H2,(H2,14,15,16,17,18). The van der Waals surface area contributed by atoms with E-state index >= 15 is 0 Å². The molecule has 3 aromatic rings. The Morgan fingerprint density at radius 2 is 1.90 bits per heavy atom. The number of hydrogen-bond donors (Lipinski definition) is 4. The Hall–Kier alpha value is -2.45. The lowest BCUT2D eigenvalue weighted by molar-refractivity contribution is 0.426. The Balaban J connectivity index is 1.74. The zero-order chi connectivity index (χ0) is 13.9. The summed E-state index contributed by atoms with van der Waals surface area (Å²) in [6.45, 7) is 0.562. The van der Waals surface area contributed by atoms with Gasteiger partial charge in [-0.15, -0.1) is 0 Å². The van der Waals surface area contributed by atoms with Gasteiger partial charge < -0.3 is 20.3 Å². The average Bonchev–Trinajstić information content (AvgIpc) is 2.94. The Kier molecular flexibility index (Phi) is 3.32. The van der Waals surface area contributed by atoms with E-state index in [0.717, 1.165) is 11.1 Å². The summed E-state index contributed by atoms with van der Waals surface area (Å²) in [5.74, 6) is 0.679. The molecule has 0 amide bonds. The summed E-state index contributed by atoms with van der Waals surface area (Å²) in [5, 5.41) is 21.2. The predicted molar refractivity (Wildman–Crippen MR) is 75.3 cm³/mol. The molecule has 0 unspecified atom stereocenters. The van der Waals surface area contributed by atoms with Gasteiger partial charge >= 0.3 is 7.12 Å². The van der Waals surface area contributed by atoms with Crippen molar-refractivity contribution in [1.29, 1.82) is 0 Å². The Morgan fingerprint density at radius 3 is 2.65 bits per heavy atom. The van der Waals surface area contributed by atoms with Crippen molar-refractivity contribution in [2.24, 2.45) is 0 Å². The van der Waals surface area contributed by atoms with Gasteiger partial charge in [-0.2, -0.15) is 0 Å². The highest BCUT2D eigenvalue weighted by atomic mass is 16.4. The summed E-state index contributed by atoms with van der Waals surface area (Å²) in [6.07, 6.45) is 3.03. The molecule has 2 heterocycles. The number of fused-ring (bicyclic) bond motifs is 1. The quantitative estimate of drug-likeness (QED) is 0.482. The first-order chi connectivity index (χ1) is 9.74. The van der Waals surface area contributed by atoms with Gasteiger partial charge in [0.05, 0.1) is 6.33 Å². The maximum Gasteiger partial charge on any atom is 0.488 e. The van der Waals surface area contributed by atoms with Gasteiger partial charge in [-0.3, -0.25) is 0 Å². The second kappa shape index (κ2) is 5.28. The highest BCUT2D eigenvalue weighted by Gasteiger charge is 2.10. The van der Waals surface area contributed by atoms with E-state index in [1.807, 2.05) is 12.1 Å². The molecular formula is C12H12BN5O2. The van der Waals surface area contributed by atoms with Gasteiger partial charge in [0, 0.05) is 6.54 Å². The van der Waals surface area contributed by atoms with Crippen LogP contribution < -0.4 is 10.8 Å². The van der Waals surface area contributed by atoms with Crippen molar-refractivity contribution >= 4 is 29.6 Å². The summed E-state index contributed by atoms with van der Waals surface area (Å²) < 4.78 is 0. The first-order valence-corrected chi connectivity index (χ1v) is 6.07. The lowest BCUT2D eigenvalue weighted by atomic mass is 9.80. The first-order valence-electron chi connectivity index (χ1n) is 6.07. The zero-order valence-corrected chi connectivity index (χ0v) is 10.5. The van der Waals surface area contributed by atoms with Crippen LogP contribution in [0.15, 0.2) is 36.9 Å². The lowest BCUT2D eigenvalue weighted by Crippen LogP contribution is -2.29. The molecule has 3 rings (SSSR count). The van der Waals surface area contributed by atoms with Gasteiger partial charge in [0.2, 0.25) is 0 Å². The third kappa shape index (κ3) is 2.47. The summed E-state index contributed by atoms with van der Waals surface area (Å²) in [7, 11) is -1.44. The van der Waals surface area contributed by atoms with Crippen LogP contribution in [0.2, 0.25) is 0 Å². The van der Waals surface area contributed by atoms with Gasteiger partial charge in [-0.25, -0.2) is 15.0 Å². The van der Waals surface area contributed by atoms with Crippen molar-refractivity contribution < 1.29 is 10.0 Å². The zero-order valence-electron chi connectivity index (χ0n) is 10.5. The van der Waals surface area contributed by atoms with Crippen molar-refractivity contribution in [3.8, 4) is 0 Å². The summed E-state index contributed by atoms with van der Waals surface area (Å²) >= 11 is 0. The monoisotopic (exact) mass is 269 g/mol. The molecule has 0 saturated carbocycles. The lowest BCUT2D eigenvalue weighted by Gasteiger charge is -2.07. The molecule has 2 aromatic heterocycles. The van der Waals surface area contributed by atoms with Crippen LogP contribution in [0.5, 0.6) is 0 Å². The molecule has 0 aliphatic carbocycles. The maximum absolute atomic E-state index is 9.03. The van der Waals surface area contributed by atoms with E-state index in [4.69, 9.17) is 10.0 Å². The van der Waals surface area contributed by atoms with Crippen LogP contribution in [0.25, 0.3) is 11.2 Å². The van der Waals surface area contributed by atoms with Gasteiger partial charge in [-0.05, 0) is 11.0 Å². The van der Waals surface area contributed by atoms with Crippen molar-refractivity contribution in [3.05, 3.63) is 42.5 Å². The SMILES string of the molecule is OB(O)c1ccc(CNc2ncnc3nc[nH]c23)cc1. The van der Waals surface area contributed by atoms with Crippen LogP contribution in [-0.4, -0.2) is 37.1 Å². The Labute approximate surface area is 114 Å². The number of hydrogen-bond acceptors (Lipinski definition) is 6. The molecule has 0 spiro atoms. The van der Waals surface area contributed by atoms with Crippen LogP contribution >= 0.6 is 0 Å². The fourth-order valence-corrected chi connectivity index (χ4v) is 1.89. The number of nitrogens with zero attached hydrogens (tertiary/aromatic N) is 3. The molecule has 0 radical (unpaired) electrons. The molecular weight excluding hydrogens is 257 g/mol. The highest BCUT2D eigenvalue weighted by Crippen LogP contribution is 2.15. The van der Waals surface area contributed by atoms with Crippen LogP contribution in [0, 0.1) is 0 Å². The summed E-state index contributed by atoms with van der Waals surface area (Å²) in [6, 6.07) is 7.00. The molecule has 0 aliphatic rings. The molecule has 100 valence electrons. The molecule has 20 heavy (non-hydrogen) atoms. The van der Waals surface area contributed by atoms with Crippen molar-refractivity contribution in [3.63, 3.8) is 0 Å². The third-order valence-electron chi connectivity index (χ3n) is 2.96. The number of aromatic amines is 1. The van der Waals surface area contributed by atoms with Crippen molar-refractivity contribution in [1.82, 2.24) is 19.9 Å². The minimum Gasteiger partial charge on any atom is -0.423 e. The fourth-order valence-electron chi connectivity index (χ4n) is 1.89. The normalized spacial score (nSPS) is 10.7. The van der Waals surface area contributed by atoms with Crippen molar-refractivity contribution in [2.75, 3.05) is 5.32 Å². The van der Waals surface area contributed by atoms with Crippen LogP contribution in [0.4, 0.5) is 5.82 Å². The maximum atomic E-state index is 9.03. The molecule has 4 N–H and O–H groups in total. The van der Waals surface area contributed by atoms with E-state index in [1.165, 1.54) is 6.33 Å². The molecule has 0 saturated heterocycles. The van der Waals surface area contributed by atoms with Crippen LogP contribution in [0.3, 0.4) is 0 Å². The Bertz CT molecular complexity index is 713. The molecule has 1 aromatic carbocycles. The van der Waals surface area contributed by atoms with Gasteiger partial charge in [0.15, 0.2) is 11.5 Å². The molecule has 0 fully saturated rings. The first kappa shape index (κ1) is 12.6. The Morgan fingerprint density at radius 1 is 1.10 bits per heavy atom. The van der Waals surface area contributed by atoms with Crippen LogP contribution in [-0.2, 0) is 6.54 Å². The minimum absolute atomic E-state index is 0.465. The van der Waals surface area contributed by atoms with E-state index in [2.05, 4.69) is 25.3 Å². The highest BCUT2D eigenvalue weighted by molar-refractivity contribution is 6.58. The predicted octanol–water partition coefficient (Wildman–Crippen LogP) is -0.355. The number of benzene rings is 1. The van der Waals surface area contributed by atoms with E-state index in [0.29, 0.717) is 23.5 Å². The molecule has 0 atom stereocenters. The molecule has 8 heteroatoms. The number of H-pyrrole nitrogens is 1. The summed E-state index contributed by atoms with van der Waals surface area (Å²) in [4.78, 5) is 15.3. The third-order valence-corrected chi connectivity index (χ3v) is 2.96. The largest absolute Gasteiger partial charge is 0.488 e. The van der Waals surface area contributed by atoms with E-state index < -0.39 is 7.12 Å². The smallest absolute Gasteiger partial charge is 0.423 e. The summed E-state index contributed by atoms with van der Waals surface area (Å²) in [5.41, 5.74) is 2.84. The molecule has 0 aliphatic heterocycles. The second-order valence-electron chi connectivity index (χ2n) is 4.29. The van der Waals surface area contributed by atoms with E-state index in [-0.39, 0.29) is 0 Å². The second-order valence-corrected chi connectivity index (χ2v) is 4.29. The number of aromatic nitrogens is 4. The number of imidazole rings is 1. The topological polar surface area (TPSA) is 107 Å². The molecule has 7 nitrogen and oxygen atoms in total. The number of anilines is 1. The van der Waals surface area contributed by atoms with E-state index in [9.17, 15) is 0 Å². The fraction of sp³-hybridized carbons (Fsp3) is 0.0833. The molecule has 0 bridgehead atoms. The number of rotatable bonds is 4. The van der Waals surface area contributed by atoms with Gasteiger partial charge in [0.25, 0.3) is 0 Å². The van der Waals surface area contributed by atoms with Crippen molar-refractivity contribution in [2.45, 2.75) is 6.54 Å². The van der Waals surface area contributed by atoms with E-state index in [1.54, 1.807) is 18.5 Å². The number of nitrogens with one attached hydrogen (secondary N) is 2.